The molecule has 1 amide bonds. The molecule has 0 radical (unpaired) electrons. The SMILES string of the molecule is CCCCCCCCCCCCCCCCCC(=O)NC[N+](C)(C)[O-]. The largest absolute Gasteiger partial charge is 0.632 e. The molecule has 0 aromatic heterocycles. The van der Waals surface area contributed by atoms with Crippen molar-refractivity contribution in [3.8, 4) is 0 Å². The topological polar surface area (TPSA) is 52.2 Å². The first-order chi connectivity index (χ1) is 12.0. The summed E-state index contributed by atoms with van der Waals surface area (Å²) in [6.45, 7) is 2.44. The zero-order valence-electron chi connectivity index (χ0n) is 17.3. The smallest absolute Gasteiger partial charge is 0.224 e. The van der Waals surface area contributed by atoms with Crippen LogP contribution in [-0.2, 0) is 4.79 Å². The lowest BCUT2D eigenvalue weighted by atomic mass is 10.0. The molecule has 0 spiro atoms. The maximum absolute atomic E-state index is 11.6. The van der Waals surface area contributed by atoms with Crippen LogP contribution in [0.1, 0.15) is 110 Å². The number of unbranched alkanes of at least 4 members (excludes halogenated alkanes) is 14. The van der Waals surface area contributed by atoms with Crippen LogP contribution in [0.5, 0.6) is 0 Å². The second kappa shape index (κ2) is 16.8. The number of amides is 1. The van der Waals surface area contributed by atoms with Gasteiger partial charge in [-0.1, -0.05) is 96.8 Å². The predicted molar refractivity (Wildman–Crippen MR) is 108 cm³/mol. The highest BCUT2D eigenvalue weighted by Gasteiger charge is 2.05. The molecule has 0 aliphatic heterocycles. The number of hydrogen-bond donors (Lipinski definition) is 1. The summed E-state index contributed by atoms with van der Waals surface area (Å²) in [6.07, 6.45) is 20.5. The summed E-state index contributed by atoms with van der Waals surface area (Å²) in [4.78, 5) is 11.6. The Morgan fingerprint density at radius 2 is 1.08 bits per heavy atom. The molecule has 0 aromatic rings. The number of rotatable bonds is 18. The standard InChI is InChI=1S/C21H44N2O2/c1-4-5-6-7-8-9-10-11-12-13-14-15-16-17-18-19-21(24)22-20-23(2,3)25/h4-20H2,1-3H3,(H,22,24). The average Bonchev–Trinajstić information content (AvgIpc) is 2.56. The minimum atomic E-state index is -0.468. The predicted octanol–water partition coefficient (Wildman–Crippen LogP) is 5.90. The van der Waals surface area contributed by atoms with Crippen molar-refractivity contribution in [2.75, 3.05) is 20.8 Å². The van der Waals surface area contributed by atoms with Gasteiger partial charge in [-0.3, -0.25) is 4.79 Å². The van der Waals surface area contributed by atoms with Gasteiger partial charge in [-0.05, 0) is 6.42 Å². The molecule has 0 saturated carbocycles. The second-order valence-corrected chi connectivity index (χ2v) is 8.03. The number of nitrogens with one attached hydrogen (secondary N) is 1. The Morgan fingerprint density at radius 3 is 1.44 bits per heavy atom. The average molecular weight is 357 g/mol. The van der Waals surface area contributed by atoms with Gasteiger partial charge in [-0.15, -0.1) is 0 Å². The molecule has 4 nitrogen and oxygen atoms in total. The molecule has 1 N–H and O–H groups in total. The molecule has 25 heavy (non-hydrogen) atoms. The fourth-order valence-corrected chi connectivity index (χ4v) is 3.02. The number of hydroxylamine groups is 3. The van der Waals surface area contributed by atoms with Crippen molar-refractivity contribution in [3.05, 3.63) is 5.21 Å². The third-order valence-corrected chi connectivity index (χ3v) is 4.66. The van der Waals surface area contributed by atoms with Crippen LogP contribution in [-0.4, -0.2) is 31.3 Å². The summed E-state index contributed by atoms with van der Waals surface area (Å²) in [5, 5.41) is 14.0. The molecule has 0 aliphatic rings. The van der Waals surface area contributed by atoms with Crippen LogP contribution in [0.25, 0.3) is 0 Å². The van der Waals surface area contributed by atoms with Crippen LogP contribution in [0.15, 0.2) is 0 Å². The minimum absolute atomic E-state index is 0.0109. The highest BCUT2D eigenvalue weighted by atomic mass is 16.5. The Morgan fingerprint density at radius 1 is 0.720 bits per heavy atom. The number of carbonyl (C=O) groups is 1. The summed E-state index contributed by atoms with van der Waals surface area (Å²) < 4.78 is -0.468. The van der Waals surface area contributed by atoms with Crippen LogP contribution < -0.4 is 5.32 Å². The van der Waals surface area contributed by atoms with Gasteiger partial charge < -0.3 is 15.2 Å². The van der Waals surface area contributed by atoms with Gasteiger partial charge in [0.1, 0.15) is 0 Å². The molecule has 150 valence electrons. The molecule has 0 unspecified atom stereocenters. The van der Waals surface area contributed by atoms with Gasteiger partial charge in [-0.2, -0.15) is 0 Å². The van der Waals surface area contributed by atoms with E-state index in [0.717, 1.165) is 12.8 Å². The third kappa shape index (κ3) is 21.3. The highest BCUT2D eigenvalue weighted by molar-refractivity contribution is 5.75. The quantitative estimate of drug-likeness (QED) is 0.144. The summed E-state index contributed by atoms with van der Waals surface area (Å²) in [6, 6.07) is 0. The van der Waals surface area contributed by atoms with Gasteiger partial charge in [0.15, 0.2) is 6.67 Å². The fraction of sp³-hybridized carbons (Fsp3) is 0.952. The molecule has 0 bridgehead atoms. The van der Waals surface area contributed by atoms with Gasteiger partial charge in [0, 0.05) is 6.42 Å². The number of nitrogens with zero attached hydrogens (tertiary/aromatic N) is 1. The van der Waals surface area contributed by atoms with Crippen molar-refractivity contribution in [2.24, 2.45) is 0 Å². The van der Waals surface area contributed by atoms with E-state index in [1.807, 2.05) is 0 Å². The monoisotopic (exact) mass is 356 g/mol. The Labute approximate surface area is 156 Å². The van der Waals surface area contributed by atoms with Gasteiger partial charge >= 0.3 is 0 Å². The van der Waals surface area contributed by atoms with E-state index in [1.54, 1.807) is 0 Å². The molecule has 4 heteroatoms. The van der Waals surface area contributed by atoms with Crippen LogP contribution in [0.4, 0.5) is 0 Å². The first-order valence-corrected chi connectivity index (χ1v) is 10.8. The minimum Gasteiger partial charge on any atom is -0.632 e. The van der Waals surface area contributed by atoms with E-state index in [-0.39, 0.29) is 12.6 Å². The zero-order chi connectivity index (χ0) is 18.8. The van der Waals surface area contributed by atoms with Crippen LogP contribution >= 0.6 is 0 Å². The van der Waals surface area contributed by atoms with Crippen molar-refractivity contribution in [3.63, 3.8) is 0 Å². The molecular formula is C21H44N2O2. The summed E-state index contributed by atoms with van der Waals surface area (Å²) in [7, 11) is 3.07. The van der Waals surface area contributed by atoms with E-state index in [0.29, 0.717) is 6.42 Å². The molecule has 0 rings (SSSR count). The molecule has 0 fully saturated rings. The fourth-order valence-electron chi connectivity index (χ4n) is 3.02. The van der Waals surface area contributed by atoms with Crippen molar-refractivity contribution in [1.82, 2.24) is 5.32 Å². The first-order valence-electron chi connectivity index (χ1n) is 10.8. The lowest BCUT2D eigenvalue weighted by Crippen LogP contribution is -2.43. The Bertz CT molecular complexity index is 301. The molecule has 0 heterocycles. The Hall–Kier alpha value is -0.610. The summed E-state index contributed by atoms with van der Waals surface area (Å²) >= 11 is 0. The Kier molecular flexibility index (Phi) is 16.4. The first kappa shape index (κ1) is 24.4. The van der Waals surface area contributed by atoms with Crippen molar-refractivity contribution >= 4 is 5.91 Å². The highest BCUT2D eigenvalue weighted by Crippen LogP contribution is 2.13. The Balaban J connectivity index is 3.15. The van der Waals surface area contributed by atoms with E-state index in [1.165, 1.54) is 97.6 Å². The zero-order valence-corrected chi connectivity index (χ0v) is 17.3. The molecule has 0 aromatic carbocycles. The van der Waals surface area contributed by atoms with Gasteiger partial charge in [0.25, 0.3) is 0 Å². The lowest BCUT2D eigenvalue weighted by molar-refractivity contribution is -0.841. The summed E-state index contributed by atoms with van der Waals surface area (Å²) in [5.41, 5.74) is 0. The number of carbonyl (C=O) groups excluding carboxylic acids is 1. The molecule has 0 atom stereocenters. The van der Waals surface area contributed by atoms with Gasteiger partial charge in [-0.25, -0.2) is 0 Å². The van der Waals surface area contributed by atoms with E-state index in [2.05, 4.69) is 12.2 Å². The normalized spacial score (nSPS) is 11.7. The maximum Gasteiger partial charge on any atom is 0.224 e. The number of hydrogen-bond acceptors (Lipinski definition) is 2. The second-order valence-electron chi connectivity index (χ2n) is 8.03. The van der Waals surface area contributed by atoms with Gasteiger partial charge in [0.05, 0.1) is 14.1 Å². The number of quaternary nitrogens is 1. The van der Waals surface area contributed by atoms with Crippen LogP contribution in [0, 0.1) is 5.21 Å². The lowest BCUT2D eigenvalue weighted by Gasteiger charge is -2.33. The van der Waals surface area contributed by atoms with Crippen molar-refractivity contribution in [2.45, 2.75) is 110 Å². The molecular weight excluding hydrogens is 312 g/mol. The molecule has 0 aliphatic carbocycles. The van der Waals surface area contributed by atoms with Gasteiger partial charge in [0.2, 0.25) is 5.91 Å². The van der Waals surface area contributed by atoms with Crippen molar-refractivity contribution < 1.29 is 9.44 Å². The maximum atomic E-state index is 11.6. The van der Waals surface area contributed by atoms with Crippen LogP contribution in [0.2, 0.25) is 0 Å². The van der Waals surface area contributed by atoms with Crippen LogP contribution in [0.3, 0.4) is 0 Å². The summed E-state index contributed by atoms with van der Waals surface area (Å²) in [5.74, 6) is 0.0109. The third-order valence-electron chi connectivity index (χ3n) is 4.66. The van der Waals surface area contributed by atoms with Crippen molar-refractivity contribution in [1.29, 1.82) is 0 Å². The van der Waals surface area contributed by atoms with E-state index >= 15 is 0 Å². The molecule has 0 saturated heterocycles. The van der Waals surface area contributed by atoms with E-state index in [9.17, 15) is 10.0 Å². The van der Waals surface area contributed by atoms with E-state index < -0.39 is 4.65 Å². The van der Waals surface area contributed by atoms with E-state index in [4.69, 9.17) is 0 Å².